The van der Waals surface area contributed by atoms with Crippen LogP contribution >= 0.6 is 11.6 Å². The molecule has 25 heavy (non-hydrogen) atoms. The van der Waals surface area contributed by atoms with E-state index in [-0.39, 0.29) is 11.8 Å². The molecule has 4 rings (SSSR count). The molecule has 8 heteroatoms. The lowest BCUT2D eigenvalue weighted by atomic mass is 10.1. The van der Waals surface area contributed by atoms with E-state index < -0.39 is 11.6 Å². The van der Waals surface area contributed by atoms with E-state index in [2.05, 4.69) is 9.64 Å². The normalized spacial score (nSPS) is 17.7. The molecule has 1 aliphatic carbocycles. The highest BCUT2D eigenvalue weighted by Gasteiger charge is 2.27. The van der Waals surface area contributed by atoms with Gasteiger partial charge in [0.05, 0.1) is 41.0 Å². The average molecular weight is 365 g/mol. The number of benzene rings is 1. The van der Waals surface area contributed by atoms with E-state index in [4.69, 9.17) is 21.4 Å². The molecule has 132 valence electrons. The van der Waals surface area contributed by atoms with Crippen LogP contribution in [0.4, 0.5) is 10.5 Å². The molecule has 1 saturated carbocycles. The first-order valence-corrected chi connectivity index (χ1v) is 8.54. The fourth-order valence-corrected chi connectivity index (χ4v) is 3.48. The molecule has 2 heterocycles. The number of anilines is 1. The van der Waals surface area contributed by atoms with Crippen molar-refractivity contribution in [3.8, 4) is 5.75 Å². The lowest BCUT2D eigenvalue weighted by Gasteiger charge is -2.30. The smallest absolute Gasteiger partial charge is 0.449 e. The van der Waals surface area contributed by atoms with Gasteiger partial charge in [0, 0.05) is 19.1 Å². The van der Waals surface area contributed by atoms with Crippen molar-refractivity contribution in [1.82, 2.24) is 4.57 Å². The van der Waals surface area contributed by atoms with Crippen molar-refractivity contribution in [3.05, 3.63) is 33.6 Å². The fourth-order valence-electron chi connectivity index (χ4n) is 3.20. The second-order valence-electron chi connectivity index (χ2n) is 6.25. The van der Waals surface area contributed by atoms with Crippen molar-refractivity contribution in [3.63, 3.8) is 0 Å². The predicted octanol–water partition coefficient (Wildman–Crippen LogP) is 2.88. The molecule has 0 unspecified atom stereocenters. The number of pyridine rings is 1. The number of fused-ring (bicyclic) bond motifs is 1. The maximum absolute atomic E-state index is 12.6. The van der Waals surface area contributed by atoms with Crippen LogP contribution in [0.25, 0.3) is 10.9 Å². The molecule has 1 N–H and O–H groups in total. The number of hydrogen-bond acceptors (Lipinski definition) is 5. The Bertz CT molecular complexity index is 900. The largest absolute Gasteiger partial charge is 0.511 e. The number of hydrogen-bond donors (Lipinski definition) is 1. The van der Waals surface area contributed by atoms with Crippen LogP contribution in [0.1, 0.15) is 18.9 Å². The van der Waals surface area contributed by atoms with Crippen molar-refractivity contribution in [1.29, 1.82) is 0 Å². The summed E-state index contributed by atoms with van der Waals surface area (Å²) < 4.78 is 12.0. The molecule has 2 aromatic rings. The van der Waals surface area contributed by atoms with Gasteiger partial charge in [0.1, 0.15) is 0 Å². The molecule has 0 amide bonds. The molecule has 0 atom stereocenters. The van der Waals surface area contributed by atoms with Gasteiger partial charge >= 0.3 is 6.16 Å². The zero-order chi connectivity index (χ0) is 17.6. The maximum atomic E-state index is 12.6. The van der Waals surface area contributed by atoms with E-state index in [0.717, 1.165) is 37.1 Å². The zero-order valence-electron chi connectivity index (χ0n) is 13.4. The number of ether oxygens (including phenoxy) is 2. The number of rotatable bonds is 3. The number of morpholine rings is 1. The number of halogens is 1. The molecule has 1 aliphatic heterocycles. The Morgan fingerprint density at radius 3 is 2.64 bits per heavy atom. The molecular formula is C17H17ClN2O5. The van der Waals surface area contributed by atoms with Crippen LogP contribution in [0.5, 0.6) is 5.75 Å². The quantitative estimate of drug-likeness (QED) is 0.843. The third-order valence-electron chi connectivity index (χ3n) is 4.56. The van der Waals surface area contributed by atoms with Gasteiger partial charge in [0.25, 0.3) is 0 Å². The van der Waals surface area contributed by atoms with E-state index in [1.54, 1.807) is 6.07 Å². The summed E-state index contributed by atoms with van der Waals surface area (Å²) >= 11 is 6.43. The number of nitrogens with zero attached hydrogens (tertiary/aromatic N) is 2. The van der Waals surface area contributed by atoms with Crippen molar-refractivity contribution in [2.75, 3.05) is 31.2 Å². The Balaban J connectivity index is 1.90. The molecule has 7 nitrogen and oxygen atoms in total. The number of carboxylic acid groups (broad SMARTS) is 1. The van der Waals surface area contributed by atoms with E-state index in [1.807, 2.05) is 10.6 Å². The first-order valence-electron chi connectivity index (χ1n) is 8.16. The van der Waals surface area contributed by atoms with E-state index in [9.17, 15) is 9.59 Å². The number of aromatic nitrogens is 1. The monoisotopic (exact) mass is 364 g/mol. The summed E-state index contributed by atoms with van der Waals surface area (Å²) in [7, 11) is 0. The second kappa shape index (κ2) is 6.24. The summed E-state index contributed by atoms with van der Waals surface area (Å²) in [6.07, 6.45) is 1.96. The summed E-state index contributed by atoms with van der Waals surface area (Å²) in [5, 5.41) is 9.69. The summed E-state index contributed by atoms with van der Waals surface area (Å²) in [6.45, 7) is 2.74. The first-order chi connectivity index (χ1) is 12.0. The highest BCUT2D eigenvalue weighted by Crippen LogP contribution is 2.39. The zero-order valence-corrected chi connectivity index (χ0v) is 14.2. The molecular weight excluding hydrogens is 348 g/mol. The van der Waals surface area contributed by atoms with Crippen LogP contribution in [0.3, 0.4) is 0 Å². The lowest BCUT2D eigenvalue weighted by Crippen LogP contribution is -2.36. The average Bonchev–Trinajstić information content (AvgIpc) is 3.42. The molecule has 1 aromatic carbocycles. The Morgan fingerprint density at radius 2 is 2.00 bits per heavy atom. The summed E-state index contributed by atoms with van der Waals surface area (Å²) in [6, 6.07) is 3.77. The standard InChI is InChI=1S/C17H17ClN2O5/c18-12-7-11-13(8-14(12)19-3-5-24-6-4-19)20(10-1-2-10)9-15(16(11)21)25-17(22)23/h7-10H,1-6H2,(H,22,23). The van der Waals surface area contributed by atoms with Gasteiger partial charge in [0.2, 0.25) is 5.43 Å². The van der Waals surface area contributed by atoms with Gasteiger partial charge in [-0.15, -0.1) is 0 Å². The Morgan fingerprint density at radius 1 is 1.28 bits per heavy atom. The van der Waals surface area contributed by atoms with E-state index in [1.165, 1.54) is 6.20 Å². The van der Waals surface area contributed by atoms with E-state index >= 15 is 0 Å². The maximum Gasteiger partial charge on any atom is 0.511 e. The minimum Gasteiger partial charge on any atom is -0.449 e. The Hall–Kier alpha value is -2.25. The molecule has 1 saturated heterocycles. The van der Waals surface area contributed by atoms with Gasteiger partial charge in [-0.05, 0) is 25.0 Å². The highest BCUT2D eigenvalue weighted by atomic mass is 35.5. The fraction of sp³-hybridized carbons (Fsp3) is 0.412. The SMILES string of the molecule is O=C(O)Oc1cn(C2CC2)c2cc(N3CCOCC3)c(Cl)cc2c1=O. The first kappa shape index (κ1) is 16.2. The van der Waals surface area contributed by atoms with Crippen molar-refractivity contribution in [2.45, 2.75) is 18.9 Å². The molecule has 0 bridgehead atoms. The van der Waals surface area contributed by atoms with Gasteiger partial charge in [-0.25, -0.2) is 4.79 Å². The van der Waals surface area contributed by atoms with Crippen molar-refractivity contribution < 1.29 is 19.4 Å². The van der Waals surface area contributed by atoms with E-state index in [0.29, 0.717) is 23.6 Å². The van der Waals surface area contributed by atoms with Crippen molar-refractivity contribution in [2.24, 2.45) is 0 Å². The van der Waals surface area contributed by atoms with Gasteiger partial charge in [0.15, 0.2) is 5.75 Å². The third-order valence-corrected chi connectivity index (χ3v) is 4.86. The summed E-state index contributed by atoms with van der Waals surface area (Å²) in [5.41, 5.74) is 1.14. The van der Waals surface area contributed by atoms with Gasteiger partial charge < -0.3 is 24.0 Å². The minimum absolute atomic E-state index is 0.193. The highest BCUT2D eigenvalue weighted by molar-refractivity contribution is 6.34. The van der Waals surface area contributed by atoms with Gasteiger partial charge in [-0.3, -0.25) is 4.79 Å². The molecule has 0 spiro atoms. The second-order valence-corrected chi connectivity index (χ2v) is 6.66. The number of carbonyl (C=O) groups is 1. The van der Waals surface area contributed by atoms with Crippen LogP contribution in [-0.4, -0.2) is 42.1 Å². The molecule has 1 aromatic heterocycles. The third kappa shape index (κ3) is 3.05. The lowest BCUT2D eigenvalue weighted by molar-refractivity contribution is 0.122. The molecule has 2 aliphatic rings. The molecule has 2 fully saturated rings. The van der Waals surface area contributed by atoms with Crippen molar-refractivity contribution >= 4 is 34.3 Å². The predicted molar refractivity (Wildman–Crippen MR) is 93.2 cm³/mol. The van der Waals surface area contributed by atoms with Gasteiger partial charge in [-0.2, -0.15) is 0 Å². The molecule has 0 radical (unpaired) electrons. The van der Waals surface area contributed by atoms with Gasteiger partial charge in [-0.1, -0.05) is 11.6 Å². The minimum atomic E-state index is -1.50. The van der Waals surface area contributed by atoms with Crippen LogP contribution < -0.4 is 15.1 Å². The van der Waals surface area contributed by atoms with Crippen LogP contribution in [0.2, 0.25) is 5.02 Å². The van der Waals surface area contributed by atoms with Crippen LogP contribution in [0, 0.1) is 0 Å². The topological polar surface area (TPSA) is 81.0 Å². The van der Waals surface area contributed by atoms with Crippen LogP contribution in [-0.2, 0) is 4.74 Å². The van der Waals surface area contributed by atoms with Crippen LogP contribution in [0.15, 0.2) is 23.1 Å². The summed E-state index contributed by atoms with van der Waals surface area (Å²) in [4.78, 5) is 25.6. The Labute approximate surface area is 148 Å². The Kier molecular flexibility index (Phi) is 4.05. The summed E-state index contributed by atoms with van der Waals surface area (Å²) in [5.74, 6) is -0.193.